The van der Waals surface area contributed by atoms with Gasteiger partial charge in [0.25, 0.3) is 5.56 Å². The lowest BCUT2D eigenvalue weighted by Crippen LogP contribution is -2.21. The lowest BCUT2D eigenvalue weighted by Gasteiger charge is -2.07. The maximum atomic E-state index is 12.1. The molecule has 1 heterocycles. The fourth-order valence-corrected chi connectivity index (χ4v) is 1.86. The Morgan fingerprint density at radius 3 is 2.38 bits per heavy atom. The van der Waals surface area contributed by atoms with Gasteiger partial charge in [0, 0.05) is 19.3 Å². The highest BCUT2D eigenvalue weighted by molar-refractivity contribution is 5.33. The number of nitrogens with two attached hydrogens (primary N) is 1. The molecule has 0 saturated heterocycles. The second kappa shape index (κ2) is 3.98. The third kappa shape index (κ3) is 1.47. The van der Waals surface area contributed by atoms with Gasteiger partial charge >= 0.3 is 0 Å². The first-order valence-electron chi connectivity index (χ1n) is 5.19. The summed E-state index contributed by atoms with van der Waals surface area (Å²) in [4.78, 5) is 12.1. The molecule has 0 aliphatic heterocycles. The van der Waals surface area contributed by atoms with Crippen LogP contribution in [0.3, 0.4) is 0 Å². The standard InChI is InChI=1S/C12H15N3O/c1-9-11(8-13)12(16)15(14(9)2)10-6-4-3-5-7-10/h3-7H,8,13H2,1-2H3. The Balaban J connectivity index is 2.72. The number of hydrogen-bond donors (Lipinski definition) is 1. The van der Waals surface area contributed by atoms with Gasteiger partial charge < -0.3 is 5.73 Å². The quantitative estimate of drug-likeness (QED) is 0.814. The molecule has 2 aromatic rings. The fraction of sp³-hybridized carbons (Fsp3) is 0.250. The molecule has 2 N–H and O–H groups in total. The Kier molecular flexibility index (Phi) is 2.66. The van der Waals surface area contributed by atoms with Crippen LogP contribution >= 0.6 is 0 Å². The maximum absolute atomic E-state index is 12.1. The van der Waals surface area contributed by atoms with Crippen molar-refractivity contribution in [2.24, 2.45) is 12.8 Å². The van der Waals surface area contributed by atoms with E-state index < -0.39 is 0 Å². The summed E-state index contributed by atoms with van der Waals surface area (Å²) in [5.41, 5.74) is 8.00. The van der Waals surface area contributed by atoms with E-state index in [0.717, 1.165) is 11.4 Å². The van der Waals surface area contributed by atoms with Crippen LogP contribution in [0.25, 0.3) is 5.69 Å². The van der Waals surface area contributed by atoms with Crippen molar-refractivity contribution in [2.75, 3.05) is 0 Å². The molecular formula is C12H15N3O. The van der Waals surface area contributed by atoms with E-state index in [1.54, 1.807) is 4.68 Å². The average Bonchev–Trinajstić information content (AvgIpc) is 2.51. The molecule has 0 unspecified atom stereocenters. The first kappa shape index (κ1) is 10.7. The highest BCUT2D eigenvalue weighted by Gasteiger charge is 2.13. The molecule has 1 aromatic carbocycles. The van der Waals surface area contributed by atoms with Gasteiger partial charge in [0.1, 0.15) is 0 Å². The van der Waals surface area contributed by atoms with E-state index in [1.807, 2.05) is 49.0 Å². The highest BCUT2D eigenvalue weighted by Crippen LogP contribution is 2.09. The molecule has 0 bridgehead atoms. The predicted octanol–water partition coefficient (Wildman–Crippen LogP) is 0.943. The summed E-state index contributed by atoms with van der Waals surface area (Å²) in [7, 11) is 1.86. The molecule has 0 fully saturated rings. The summed E-state index contributed by atoms with van der Waals surface area (Å²) < 4.78 is 3.47. The van der Waals surface area contributed by atoms with E-state index in [4.69, 9.17) is 5.73 Å². The van der Waals surface area contributed by atoms with Gasteiger partial charge in [-0.2, -0.15) is 0 Å². The van der Waals surface area contributed by atoms with Gasteiger partial charge in [-0.25, -0.2) is 4.68 Å². The van der Waals surface area contributed by atoms with Gasteiger partial charge in [-0.1, -0.05) is 18.2 Å². The summed E-state index contributed by atoms with van der Waals surface area (Å²) in [5, 5.41) is 0. The normalized spacial score (nSPS) is 10.7. The van der Waals surface area contributed by atoms with Crippen LogP contribution in [0.2, 0.25) is 0 Å². The molecule has 4 heteroatoms. The Bertz CT molecular complexity index is 552. The minimum atomic E-state index is -0.0336. The number of benzene rings is 1. The Hall–Kier alpha value is -1.81. The van der Waals surface area contributed by atoms with Gasteiger partial charge in [-0.3, -0.25) is 9.48 Å². The number of nitrogens with zero attached hydrogens (tertiary/aromatic N) is 2. The largest absolute Gasteiger partial charge is 0.326 e. The molecule has 84 valence electrons. The molecule has 1 aromatic heterocycles. The molecule has 0 atom stereocenters. The van der Waals surface area contributed by atoms with E-state index in [9.17, 15) is 4.79 Å². The van der Waals surface area contributed by atoms with Crippen LogP contribution in [0.1, 0.15) is 11.3 Å². The summed E-state index contributed by atoms with van der Waals surface area (Å²) in [6.45, 7) is 2.18. The number of aromatic nitrogens is 2. The molecule has 0 saturated carbocycles. The maximum Gasteiger partial charge on any atom is 0.276 e. The van der Waals surface area contributed by atoms with E-state index in [1.165, 1.54) is 0 Å². The Morgan fingerprint density at radius 2 is 1.88 bits per heavy atom. The smallest absolute Gasteiger partial charge is 0.276 e. The molecule has 0 aliphatic rings. The van der Waals surface area contributed by atoms with E-state index in [2.05, 4.69) is 0 Å². The number of rotatable bonds is 2. The summed E-state index contributed by atoms with van der Waals surface area (Å²) in [5.74, 6) is 0. The Morgan fingerprint density at radius 1 is 1.25 bits per heavy atom. The lowest BCUT2D eigenvalue weighted by atomic mass is 10.2. The van der Waals surface area contributed by atoms with Crippen molar-refractivity contribution in [3.63, 3.8) is 0 Å². The van der Waals surface area contributed by atoms with Crippen molar-refractivity contribution in [3.8, 4) is 5.69 Å². The third-order valence-corrected chi connectivity index (χ3v) is 2.88. The monoisotopic (exact) mass is 217 g/mol. The first-order chi connectivity index (χ1) is 7.66. The van der Waals surface area contributed by atoms with Crippen molar-refractivity contribution in [3.05, 3.63) is 51.9 Å². The highest BCUT2D eigenvalue weighted by atomic mass is 16.1. The zero-order valence-electron chi connectivity index (χ0n) is 9.47. The van der Waals surface area contributed by atoms with Crippen LogP contribution < -0.4 is 11.3 Å². The topological polar surface area (TPSA) is 53.0 Å². The molecule has 0 spiro atoms. The van der Waals surface area contributed by atoms with Crippen molar-refractivity contribution in [2.45, 2.75) is 13.5 Å². The van der Waals surface area contributed by atoms with Gasteiger partial charge in [0.2, 0.25) is 0 Å². The molecule has 16 heavy (non-hydrogen) atoms. The van der Waals surface area contributed by atoms with Gasteiger partial charge in [0.15, 0.2) is 0 Å². The zero-order valence-corrected chi connectivity index (χ0v) is 9.47. The van der Waals surface area contributed by atoms with Crippen LogP contribution in [-0.2, 0) is 13.6 Å². The molecule has 0 amide bonds. The zero-order chi connectivity index (χ0) is 11.7. The van der Waals surface area contributed by atoms with Gasteiger partial charge in [0.05, 0.1) is 11.3 Å². The summed E-state index contributed by atoms with van der Waals surface area (Å²) in [6.07, 6.45) is 0. The lowest BCUT2D eigenvalue weighted by molar-refractivity contribution is 0.630. The van der Waals surface area contributed by atoms with Gasteiger partial charge in [-0.05, 0) is 19.1 Å². The minimum Gasteiger partial charge on any atom is -0.326 e. The Labute approximate surface area is 93.9 Å². The average molecular weight is 217 g/mol. The predicted molar refractivity (Wildman–Crippen MR) is 63.6 cm³/mol. The number of para-hydroxylation sites is 1. The van der Waals surface area contributed by atoms with Crippen molar-refractivity contribution in [1.29, 1.82) is 0 Å². The third-order valence-electron chi connectivity index (χ3n) is 2.88. The van der Waals surface area contributed by atoms with E-state index in [-0.39, 0.29) is 12.1 Å². The van der Waals surface area contributed by atoms with Crippen LogP contribution in [0.4, 0.5) is 0 Å². The van der Waals surface area contributed by atoms with Crippen LogP contribution in [0, 0.1) is 6.92 Å². The second-order valence-electron chi connectivity index (χ2n) is 3.74. The SMILES string of the molecule is Cc1c(CN)c(=O)n(-c2ccccc2)n1C. The van der Waals surface area contributed by atoms with Crippen LogP contribution in [-0.4, -0.2) is 9.36 Å². The fourth-order valence-electron chi connectivity index (χ4n) is 1.86. The first-order valence-corrected chi connectivity index (χ1v) is 5.19. The molecule has 0 radical (unpaired) electrons. The van der Waals surface area contributed by atoms with Crippen molar-refractivity contribution in [1.82, 2.24) is 9.36 Å². The van der Waals surface area contributed by atoms with Crippen LogP contribution in [0.15, 0.2) is 35.1 Å². The molecule has 0 aliphatic carbocycles. The molecule has 4 nitrogen and oxygen atoms in total. The van der Waals surface area contributed by atoms with Crippen LogP contribution in [0.5, 0.6) is 0 Å². The number of hydrogen-bond acceptors (Lipinski definition) is 2. The van der Waals surface area contributed by atoms with Gasteiger partial charge in [-0.15, -0.1) is 0 Å². The molecule has 2 rings (SSSR count). The minimum absolute atomic E-state index is 0.0336. The summed E-state index contributed by atoms with van der Waals surface area (Å²) >= 11 is 0. The second-order valence-corrected chi connectivity index (χ2v) is 3.74. The van der Waals surface area contributed by atoms with E-state index >= 15 is 0 Å². The van der Waals surface area contributed by atoms with Crippen molar-refractivity contribution < 1.29 is 0 Å². The molecular weight excluding hydrogens is 202 g/mol. The van der Waals surface area contributed by atoms with Crippen molar-refractivity contribution >= 4 is 0 Å². The van der Waals surface area contributed by atoms with E-state index in [0.29, 0.717) is 5.56 Å². The summed E-state index contributed by atoms with van der Waals surface area (Å²) in [6, 6.07) is 9.55.